The molecule has 0 saturated heterocycles. The first kappa shape index (κ1) is 14.6. The van der Waals surface area contributed by atoms with Crippen LogP contribution in [0.15, 0.2) is 22.7 Å². The number of ketones is 1. The number of benzene rings is 1. The zero-order valence-electron chi connectivity index (χ0n) is 13.8. The third kappa shape index (κ3) is 2.60. The molecule has 0 amide bonds. The molecule has 0 spiro atoms. The molecule has 1 aromatic carbocycles. The summed E-state index contributed by atoms with van der Waals surface area (Å²) < 4.78 is 5.20. The number of rotatable bonds is 5. The van der Waals surface area contributed by atoms with Gasteiger partial charge >= 0.3 is 0 Å². The zero-order chi connectivity index (χ0) is 16.0. The second-order valence-corrected chi connectivity index (χ2v) is 7.20. The number of carbonyl (C=O) groups is 1. The van der Waals surface area contributed by atoms with Crippen LogP contribution in [0.2, 0.25) is 0 Å². The topological polar surface area (TPSA) is 56.0 Å². The average Bonchev–Trinajstić information content (AvgIpc) is 3.01. The highest BCUT2D eigenvalue weighted by atomic mass is 16.5. The van der Waals surface area contributed by atoms with E-state index in [2.05, 4.69) is 35.3 Å². The Bertz CT molecular complexity index is 758. The number of hydrogen-bond donors (Lipinski definition) is 0. The maximum atomic E-state index is 12.4. The van der Waals surface area contributed by atoms with Crippen molar-refractivity contribution in [3.63, 3.8) is 0 Å². The minimum Gasteiger partial charge on any atom is -0.339 e. The molecule has 0 aliphatic heterocycles. The average molecular weight is 310 g/mol. The number of hydrogen-bond acceptors (Lipinski definition) is 4. The second kappa shape index (κ2) is 5.29. The smallest absolute Gasteiger partial charge is 0.226 e. The number of nitrogens with zero attached hydrogens (tertiary/aromatic N) is 2. The van der Waals surface area contributed by atoms with E-state index in [0.717, 1.165) is 37.7 Å². The summed E-state index contributed by atoms with van der Waals surface area (Å²) in [6, 6.07) is 6.39. The van der Waals surface area contributed by atoms with Crippen molar-refractivity contribution in [2.24, 2.45) is 5.41 Å². The van der Waals surface area contributed by atoms with Gasteiger partial charge in [0.05, 0.1) is 0 Å². The SMILES string of the molecule is CCc1nc(-c2ccc3c(c2)CC[C@H]3CC(=O)C2(C)CC2)no1. The van der Waals surface area contributed by atoms with Gasteiger partial charge in [-0.05, 0) is 48.8 Å². The Hall–Kier alpha value is -1.97. The molecule has 0 bridgehead atoms. The van der Waals surface area contributed by atoms with Crippen LogP contribution in [0.5, 0.6) is 0 Å². The molecule has 23 heavy (non-hydrogen) atoms. The first-order chi connectivity index (χ1) is 11.1. The first-order valence-electron chi connectivity index (χ1n) is 8.58. The number of aromatic nitrogens is 2. The molecule has 4 heteroatoms. The van der Waals surface area contributed by atoms with Gasteiger partial charge in [-0.15, -0.1) is 0 Å². The summed E-state index contributed by atoms with van der Waals surface area (Å²) in [6.45, 7) is 4.11. The van der Waals surface area contributed by atoms with Crippen LogP contribution in [0, 0.1) is 5.41 Å². The standard InChI is InChI=1S/C19H22N2O2/c1-3-17-20-18(21-23-17)14-6-7-15-12(10-14)4-5-13(15)11-16(22)19(2)8-9-19/h6-7,10,13H,3-5,8-9,11H2,1-2H3/t13-/m0/s1. The molecule has 1 heterocycles. The zero-order valence-corrected chi connectivity index (χ0v) is 13.8. The van der Waals surface area contributed by atoms with Crippen molar-refractivity contribution in [3.8, 4) is 11.4 Å². The number of aryl methyl sites for hydroxylation is 2. The maximum absolute atomic E-state index is 12.4. The van der Waals surface area contributed by atoms with Gasteiger partial charge < -0.3 is 4.52 Å². The maximum Gasteiger partial charge on any atom is 0.226 e. The van der Waals surface area contributed by atoms with Crippen molar-refractivity contribution < 1.29 is 9.32 Å². The quantitative estimate of drug-likeness (QED) is 0.834. The van der Waals surface area contributed by atoms with Crippen LogP contribution in [-0.4, -0.2) is 15.9 Å². The van der Waals surface area contributed by atoms with Crippen molar-refractivity contribution in [1.29, 1.82) is 0 Å². The lowest BCUT2D eigenvalue weighted by atomic mass is 9.89. The molecule has 2 aromatic rings. The normalized spacial score (nSPS) is 21.2. The minimum atomic E-state index is -0.0100. The lowest BCUT2D eigenvalue weighted by molar-refractivity contribution is -0.123. The first-order valence-corrected chi connectivity index (χ1v) is 8.58. The van der Waals surface area contributed by atoms with Crippen molar-refractivity contribution >= 4 is 5.78 Å². The Morgan fingerprint density at radius 2 is 2.22 bits per heavy atom. The van der Waals surface area contributed by atoms with Gasteiger partial charge in [-0.1, -0.05) is 31.1 Å². The van der Waals surface area contributed by atoms with Gasteiger partial charge in [-0.2, -0.15) is 4.98 Å². The highest BCUT2D eigenvalue weighted by molar-refractivity contribution is 5.87. The molecule has 1 saturated carbocycles. The highest BCUT2D eigenvalue weighted by Crippen LogP contribution is 2.49. The monoisotopic (exact) mass is 310 g/mol. The lowest BCUT2D eigenvalue weighted by Gasteiger charge is -2.14. The molecule has 2 aliphatic rings. The summed E-state index contributed by atoms with van der Waals surface area (Å²) >= 11 is 0. The predicted octanol–water partition coefficient (Wildman–Crippen LogP) is 4.09. The fraction of sp³-hybridized carbons (Fsp3) is 0.526. The molecule has 4 rings (SSSR count). The Morgan fingerprint density at radius 1 is 1.39 bits per heavy atom. The van der Waals surface area contributed by atoms with E-state index in [4.69, 9.17) is 4.52 Å². The van der Waals surface area contributed by atoms with Crippen molar-refractivity contribution in [3.05, 3.63) is 35.2 Å². The third-order valence-corrected chi connectivity index (χ3v) is 5.48. The number of carbonyl (C=O) groups excluding carboxylic acids is 1. The van der Waals surface area contributed by atoms with Gasteiger partial charge in [0.1, 0.15) is 5.78 Å². The Balaban J connectivity index is 1.55. The van der Waals surface area contributed by atoms with E-state index in [1.807, 2.05) is 6.92 Å². The van der Waals surface area contributed by atoms with Crippen LogP contribution in [0.25, 0.3) is 11.4 Å². The Morgan fingerprint density at radius 3 is 2.91 bits per heavy atom. The summed E-state index contributed by atoms with van der Waals surface area (Å²) in [5.41, 5.74) is 3.67. The van der Waals surface area contributed by atoms with Gasteiger partial charge in [0.2, 0.25) is 11.7 Å². The molecule has 1 fully saturated rings. The van der Waals surface area contributed by atoms with Crippen LogP contribution in [-0.2, 0) is 17.6 Å². The summed E-state index contributed by atoms with van der Waals surface area (Å²) in [6.07, 6.45) is 5.71. The van der Waals surface area contributed by atoms with Crippen LogP contribution >= 0.6 is 0 Å². The minimum absolute atomic E-state index is 0.0100. The lowest BCUT2D eigenvalue weighted by Crippen LogP contribution is -2.14. The van der Waals surface area contributed by atoms with Crippen LogP contribution < -0.4 is 0 Å². The van der Waals surface area contributed by atoms with E-state index < -0.39 is 0 Å². The summed E-state index contributed by atoms with van der Waals surface area (Å²) in [4.78, 5) is 16.8. The molecule has 1 atom stereocenters. The summed E-state index contributed by atoms with van der Waals surface area (Å²) in [5, 5.41) is 4.05. The van der Waals surface area contributed by atoms with Crippen LogP contribution in [0.4, 0.5) is 0 Å². The molecular weight excluding hydrogens is 288 g/mol. The number of fused-ring (bicyclic) bond motifs is 1. The van der Waals surface area contributed by atoms with E-state index in [9.17, 15) is 4.79 Å². The van der Waals surface area contributed by atoms with E-state index in [0.29, 0.717) is 29.8 Å². The molecule has 0 N–H and O–H groups in total. The number of Topliss-reactive ketones (excluding diaryl/α,β-unsaturated/α-hetero) is 1. The fourth-order valence-electron chi connectivity index (χ4n) is 3.51. The van der Waals surface area contributed by atoms with Gasteiger partial charge in [-0.25, -0.2) is 0 Å². The van der Waals surface area contributed by atoms with Gasteiger partial charge in [0.25, 0.3) is 0 Å². The van der Waals surface area contributed by atoms with E-state index >= 15 is 0 Å². The van der Waals surface area contributed by atoms with E-state index in [1.165, 1.54) is 11.1 Å². The summed E-state index contributed by atoms with van der Waals surface area (Å²) in [7, 11) is 0. The third-order valence-electron chi connectivity index (χ3n) is 5.48. The van der Waals surface area contributed by atoms with Crippen LogP contribution in [0.3, 0.4) is 0 Å². The highest BCUT2D eigenvalue weighted by Gasteiger charge is 2.45. The molecular formula is C19H22N2O2. The molecule has 0 unspecified atom stereocenters. The van der Waals surface area contributed by atoms with E-state index in [1.54, 1.807) is 0 Å². The molecule has 4 nitrogen and oxygen atoms in total. The summed E-state index contributed by atoms with van der Waals surface area (Å²) in [5.74, 6) is 2.17. The fourth-order valence-corrected chi connectivity index (χ4v) is 3.51. The largest absolute Gasteiger partial charge is 0.339 e. The molecule has 1 aromatic heterocycles. The van der Waals surface area contributed by atoms with Crippen LogP contribution in [0.1, 0.15) is 62.5 Å². The Labute approximate surface area is 136 Å². The van der Waals surface area contributed by atoms with Gasteiger partial charge in [0.15, 0.2) is 0 Å². The Kier molecular flexibility index (Phi) is 3.36. The molecule has 0 radical (unpaired) electrons. The van der Waals surface area contributed by atoms with Crippen molar-refractivity contribution in [1.82, 2.24) is 10.1 Å². The second-order valence-electron chi connectivity index (χ2n) is 7.20. The molecule has 2 aliphatic carbocycles. The van der Waals surface area contributed by atoms with E-state index in [-0.39, 0.29) is 5.41 Å². The molecule has 120 valence electrons. The van der Waals surface area contributed by atoms with Gasteiger partial charge in [-0.3, -0.25) is 4.79 Å². The van der Waals surface area contributed by atoms with Crippen molar-refractivity contribution in [2.75, 3.05) is 0 Å². The van der Waals surface area contributed by atoms with Gasteiger partial charge in [0, 0.05) is 23.8 Å². The van der Waals surface area contributed by atoms with Crippen molar-refractivity contribution in [2.45, 2.75) is 58.3 Å². The predicted molar refractivity (Wildman–Crippen MR) is 87.1 cm³/mol.